The van der Waals surface area contributed by atoms with Gasteiger partial charge in [0.15, 0.2) is 0 Å². The summed E-state index contributed by atoms with van der Waals surface area (Å²) in [5.41, 5.74) is -0.144. The predicted octanol–water partition coefficient (Wildman–Crippen LogP) is 2.04. The molecule has 144 valence electrons. The first-order valence-electron chi connectivity index (χ1n) is 8.30. The van der Waals surface area contributed by atoms with E-state index in [0.717, 1.165) is 11.0 Å². The minimum atomic E-state index is -1.42. The number of Topliss-reactive ketones (excluding diaryl/α,β-unsaturated/α-hetero) is 1. The van der Waals surface area contributed by atoms with Crippen LogP contribution in [-0.2, 0) is 14.4 Å². The van der Waals surface area contributed by atoms with Gasteiger partial charge in [-0.1, -0.05) is 29.8 Å². The Hall–Kier alpha value is -3.19. The predicted molar refractivity (Wildman–Crippen MR) is 96.5 cm³/mol. The molecule has 8 heteroatoms. The Kier molecular flexibility index (Phi) is 5.46. The molecule has 1 heterocycles. The lowest BCUT2D eigenvalue weighted by molar-refractivity contribution is -0.305. The number of carbonyl (C=O) groups excluding carboxylic acids is 3. The molecule has 1 N–H and O–H groups in total. The van der Waals surface area contributed by atoms with Crippen LogP contribution in [0.2, 0.25) is 5.02 Å². The third-order valence-electron chi connectivity index (χ3n) is 4.41. The van der Waals surface area contributed by atoms with E-state index in [0.29, 0.717) is 5.02 Å². The van der Waals surface area contributed by atoms with E-state index in [4.69, 9.17) is 11.6 Å². The van der Waals surface area contributed by atoms with Gasteiger partial charge in [0.05, 0.1) is 11.6 Å². The van der Waals surface area contributed by atoms with Crippen molar-refractivity contribution in [3.05, 3.63) is 76.1 Å². The van der Waals surface area contributed by atoms with E-state index in [9.17, 15) is 29.0 Å². The first kappa shape index (κ1) is 19.6. The number of hydrogen-bond donors (Lipinski definition) is 1. The molecule has 1 aliphatic heterocycles. The van der Waals surface area contributed by atoms with E-state index in [1.165, 1.54) is 42.5 Å². The monoisotopic (exact) mass is 402 g/mol. The van der Waals surface area contributed by atoms with Crippen LogP contribution in [0.3, 0.4) is 0 Å². The van der Waals surface area contributed by atoms with Gasteiger partial charge in [0.25, 0.3) is 11.7 Å². The molecule has 1 amide bonds. The minimum Gasteiger partial charge on any atom is -0.550 e. The quantitative estimate of drug-likeness (QED) is 0.469. The average molecular weight is 403 g/mol. The molecule has 0 spiro atoms. The molecule has 2 aromatic rings. The highest BCUT2D eigenvalue weighted by atomic mass is 35.5. The molecule has 0 aromatic heterocycles. The second-order valence-corrected chi connectivity index (χ2v) is 6.58. The maximum absolute atomic E-state index is 14.5. The third kappa shape index (κ3) is 3.61. The Morgan fingerprint density at radius 1 is 1.14 bits per heavy atom. The Morgan fingerprint density at radius 3 is 2.39 bits per heavy atom. The molecule has 28 heavy (non-hydrogen) atoms. The number of nitrogens with zero attached hydrogens (tertiary/aromatic N) is 1. The highest BCUT2D eigenvalue weighted by Gasteiger charge is 2.46. The Morgan fingerprint density at radius 2 is 1.79 bits per heavy atom. The number of amides is 1. The largest absolute Gasteiger partial charge is 0.550 e. The third-order valence-corrected chi connectivity index (χ3v) is 4.67. The Balaban J connectivity index is 2.18. The van der Waals surface area contributed by atoms with Gasteiger partial charge in [-0.05, 0) is 30.3 Å². The summed E-state index contributed by atoms with van der Waals surface area (Å²) in [4.78, 5) is 36.9. The zero-order chi connectivity index (χ0) is 20.4. The number of likely N-dealkylation sites (tertiary alicyclic amines) is 1. The van der Waals surface area contributed by atoms with Crippen LogP contribution in [0, 0.1) is 5.82 Å². The first-order valence-corrected chi connectivity index (χ1v) is 8.67. The molecule has 1 fully saturated rings. The van der Waals surface area contributed by atoms with Crippen molar-refractivity contribution in [3.8, 4) is 0 Å². The van der Waals surface area contributed by atoms with Gasteiger partial charge in [-0.2, -0.15) is 0 Å². The van der Waals surface area contributed by atoms with Crippen LogP contribution in [0.25, 0.3) is 5.76 Å². The number of carboxylic acids is 1. The molecular weight excluding hydrogens is 389 g/mol. The summed E-state index contributed by atoms with van der Waals surface area (Å²) >= 11 is 5.83. The number of rotatable bonds is 5. The second-order valence-electron chi connectivity index (χ2n) is 6.14. The van der Waals surface area contributed by atoms with Gasteiger partial charge in [-0.3, -0.25) is 9.59 Å². The molecular formula is C20H14ClFNO5-. The molecule has 0 radical (unpaired) electrons. The molecule has 0 bridgehead atoms. The van der Waals surface area contributed by atoms with Crippen molar-refractivity contribution in [1.82, 2.24) is 4.90 Å². The summed E-state index contributed by atoms with van der Waals surface area (Å²) in [6.45, 7) is -0.372. The Labute approximate surface area is 164 Å². The van der Waals surface area contributed by atoms with Gasteiger partial charge in [-0.15, -0.1) is 0 Å². The molecule has 1 saturated heterocycles. The summed E-state index contributed by atoms with van der Waals surface area (Å²) in [5.74, 6) is -4.68. The van der Waals surface area contributed by atoms with E-state index in [1.807, 2.05) is 0 Å². The number of aliphatic hydroxyl groups is 1. The average Bonchev–Trinajstić information content (AvgIpc) is 2.91. The van der Waals surface area contributed by atoms with E-state index in [1.54, 1.807) is 0 Å². The number of ketones is 1. The highest BCUT2D eigenvalue weighted by Crippen LogP contribution is 2.40. The lowest BCUT2D eigenvalue weighted by Crippen LogP contribution is -2.35. The molecule has 0 unspecified atom stereocenters. The number of carboxylic acid groups (broad SMARTS) is 1. The SMILES string of the molecule is O=C([O-])CCN1C(=O)C(=O)C(=C(O)c2ccc(Cl)cc2)[C@@H]1c1ccccc1F. The molecule has 3 rings (SSSR count). The van der Waals surface area contributed by atoms with Crippen molar-refractivity contribution in [2.75, 3.05) is 6.54 Å². The van der Waals surface area contributed by atoms with Crippen molar-refractivity contribution in [3.63, 3.8) is 0 Å². The smallest absolute Gasteiger partial charge is 0.295 e. The number of benzene rings is 2. The van der Waals surface area contributed by atoms with E-state index >= 15 is 0 Å². The summed E-state index contributed by atoms with van der Waals surface area (Å²) in [7, 11) is 0. The summed E-state index contributed by atoms with van der Waals surface area (Å²) < 4.78 is 14.5. The van der Waals surface area contributed by atoms with Crippen LogP contribution in [0.15, 0.2) is 54.1 Å². The number of halogens is 2. The number of aliphatic hydroxyl groups excluding tert-OH is 1. The van der Waals surface area contributed by atoms with Crippen molar-refractivity contribution in [2.24, 2.45) is 0 Å². The fraction of sp³-hybridized carbons (Fsp3) is 0.150. The van der Waals surface area contributed by atoms with Crippen molar-refractivity contribution in [2.45, 2.75) is 12.5 Å². The molecule has 0 aliphatic carbocycles. The molecule has 0 saturated carbocycles. The van der Waals surface area contributed by atoms with Crippen LogP contribution in [-0.4, -0.2) is 34.2 Å². The van der Waals surface area contributed by atoms with Crippen molar-refractivity contribution in [1.29, 1.82) is 0 Å². The fourth-order valence-electron chi connectivity index (χ4n) is 3.11. The van der Waals surface area contributed by atoms with Crippen LogP contribution in [0.1, 0.15) is 23.6 Å². The number of aliphatic carboxylic acids is 1. The van der Waals surface area contributed by atoms with Crippen LogP contribution in [0.5, 0.6) is 0 Å². The molecule has 2 aromatic carbocycles. The van der Waals surface area contributed by atoms with Gasteiger partial charge >= 0.3 is 0 Å². The standard InChI is InChI=1S/C20H15ClFNO5/c21-12-7-5-11(6-8-12)18(26)16-17(13-3-1-2-4-14(13)22)23(10-9-15(24)25)20(28)19(16)27/h1-8,17,26H,9-10H2,(H,24,25)/p-1/t17-/m0/s1. The van der Waals surface area contributed by atoms with Crippen molar-refractivity contribution < 1.29 is 29.0 Å². The van der Waals surface area contributed by atoms with Gasteiger partial charge in [0.2, 0.25) is 0 Å². The zero-order valence-electron chi connectivity index (χ0n) is 14.4. The first-order chi connectivity index (χ1) is 13.3. The van der Waals surface area contributed by atoms with E-state index in [-0.39, 0.29) is 23.2 Å². The van der Waals surface area contributed by atoms with Gasteiger partial charge in [0.1, 0.15) is 11.6 Å². The van der Waals surface area contributed by atoms with Gasteiger partial charge in [0, 0.05) is 35.1 Å². The van der Waals surface area contributed by atoms with Gasteiger partial charge in [-0.25, -0.2) is 4.39 Å². The highest BCUT2D eigenvalue weighted by molar-refractivity contribution is 6.46. The van der Waals surface area contributed by atoms with Gasteiger partial charge < -0.3 is 19.9 Å². The maximum atomic E-state index is 14.5. The fourth-order valence-corrected chi connectivity index (χ4v) is 3.23. The molecule has 6 nitrogen and oxygen atoms in total. The maximum Gasteiger partial charge on any atom is 0.295 e. The summed E-state index contributed by atoms with van der Waals surface area (Å²) in [6, 6.07) is 10.1. The summed E-state index contributed by atoms with van der Waals surface area (Å²) in [5, 5.41) is 21.9. The van der Waals surface area contributed by atoms with Crippen LogP contribution in [0.4, 0.5) is 4.39 Å². The lowest BCUT2D eigenvalue weighted by Gasteiger charge is -2.25. The Bertz CT molecular complexity index is 986. The number of hydrogen-bond acceptors (Lipinski definition) is 5. The normalized spacial score (nSPS) is 18.5. The number of carbonyl (C=O) groups is 3. The zero-order valence-corrected chi connectivity index (χ0v) is 15.1. The lowest BCUT2D eigenvalue weighted by atomic mass is 9.95. The topological polar surface area (TPSA) is 97.7 Å². The summed E-state index contributed by atoms with van der Waals surface area (Å²) in [6.07, 6.45) is -0.543. The van der Waals surface area contributed by atoms with Crippen LogP contribution < -0.4 is 5.11 Å². The van der Waals surface area contributed by atoms with Crippen molar-refractivity contribution >= 4 is 35.0 Å². The molecule has 1 aliphatic rings. The van der Waals surface area contributed by atoms with E-state index in [2.05, 4.69) is 0 Å². The minimum absolute atomic E-state index is 0.0319. The van der Waals surface area contributed by atoms with E-state index < -0.39 is 41.7 Å². The molecule has 1 atom stereocenters. The second kappa shape index (κ2) is 7.82. The van der Waals surface area contributed by atoms with Crippen LogP contribution >= 0.6 is 11.6 Å².